The van der Waals surface area contributed by atoms with Crippen LogP contribution >= 0.6 is 0 Å². The van der Waals surface area contributed by atoms with Gasteiger partial charge in [-0.05, 0) is 24.3 Å². The molecule has 0 bridgehead atoms. The summed E-state index contributed by atoms with van der Waals surface area (Å²) in [4.78, 5) is 21.0. The first kappa shape index (κ1) is 12.9. The Bertz CT molecular complexity index is 1120. The number of benzene rings is 1. The lowest BCUT2D eigenvalue weighted by molar-refractivity contribution is 1.10. The highest BCUT2D eigenvalue weighted by atomic mass is 15.1. The van der Waals surface area contributed by atoms with Crippen LogP contribution in [0.4, 0.5) is 0 Å². The molecule has 0 spiro atoms. The van der Waals surface area contributed by atoms with Gasteiger partial charge >= 0.3 is 0 Å². The first-order valence-electron chi connectivity index (χ1n) is 7.45. The zero-order chi connectivity index (χ0) is 15.9. The van der Waals surface area contributed by atoms with Crippen LogP contribution in [0.15, 0.2) is 55.0 Å². The zero-order valence-electron chi connectivity index (χ0n) is 12.4. The normalized spacial score (nSPS) is 11.3. The van der Waals surface area contributed by atoms with Crippen LogP contribution in [-0.4, -0.2) is 35.1 Å². The van der Waals surface area contributed by atoms with E-state index in [0.29, 0.717) is 11.5 Å². The molecule has 24 heavy (non-hydrogen) atoms. The van der Waals surface area contributed by atoms with Gasteiger partial charge in [0, 0.05) is 12.4 Å². The van der Waals surface area contributed by atoms with Crippen LogP contribution in [-0.2, 0) is 0 Å². The van der Waals surface area contributed by atoms with Crippen molar-refractivity contribution in [2.45, 2.75) is 0 Å². The number of nitrogens with one attached hydrogen (secondary N) is 2. The van der Waals surface area contributed by atoms with Crippen molar-refractivity contribution in [3.8, 4) is 22.9 Å². The second kappa shape index (κ2) is 4.95. The highest BCUT2D eigenvalue weighted by Gasteiger charge is 2.15. The summed E-state index contributed by atoms with van der Waals surface area (Å²) in [5, 5.41) is 7.38. The van der Waals surface area contributed by atoms with Crippen LogP contribution in [0.2, 0.25) is 0 Å². The SMILES string of the molecule is c1ccc2[nH]c(-c3n[nH]c4ccc(-c5cnccn5)nc34)nc2c1. The molecule has 2 N–H and O–H groups in total. The first-order chi connectivity index (χ1) is 11.9. The number of nitrogens with zero attached hydrogens (tertiary/aromatic N) is 5. The molecular formula is C17H11N7. The minimum atomic E-state index is 0.686. The van der Waals surface area contributed by atoms with E-state index in [1.165, 1.54) is 0 Å². The third-order valence-corrected chi connectivity index (χ3v) is 3.85. The Labute approximate surface area is 135 Å². The largest absolute Gasteiger partial charge is 0.337 e. The van der Waals surface area contributed by atoms with E-state index in [1.807, 2.05) is 36.4 Å². The fraction of sp³-hybridized carbons (Fsp3) is 0. The van der Waals surface area contributed by atoms with Crippen LogP contribution in [0, 0.1) is 0 Å². The standard InChI is InChI=1S/C17H11N7/c1-2-4-11-10(3-1)21-17(22-11)16-15-13(23-24-16)6-5-12(20-15)14-9-18-7-8-19-14/h1-9H,(H,21,22)(H,23,24). The van der Waals surface area contributed by atoms with Crippen molar-refractivity contribution >= 4 is 22.1 Å². The molecule has 7 nitrogen and oxygen atoms in total. The molecule has 0 aliphatic heterocycles. The molecular weight excluding hydrogens is 302 g/mol. The zero-order valence-corrected chi connectivity index (χ0v) is 12.4. The van der Waals surface area contributed by atoms with E-state index in [4.69, 9.17) is 4.98 Å². The van der Waals surface area contributed by atoms with E-state index in [9.17, 15) is 0 Å². The van der Waals surface area contributed by atoms with Gasteiger partial charge in [-0.3, -0.25) is 15.1 Å². The Hall–Kier alpha value is -3.61. The summed E-state index contributed by atoms with van der Waals surface area (Å²) in [5.41, 5.74) is 5.61. The molecule has 0 amide bonds. The number of hydrogen-bond donors (Lipinski definition) is 2. The molecule has 0 aliphatic rings. The average Bonchev–Trinajstić information content (AvgIpc) is 3.25. The van der Waals surface area contributed by atoms with Gasteiger partial charge in [-0.15, -0.1) is 0 Å². The fourth-order valence-electron chi connectivity index (χ4n) is 2.70. The van der Waals surface area contributed by atoms with Gasteiger partial charge in [0.2, 0.25) is 0 Å². The predicted molar refractivity (Wildman–Crippen MR) is 90.0 cm³/mol. The van der Waals surface area contributed by atoms with Gasteiger partial charge in [-0.25, -0.2) is 9.97 Å². The molecule has 0 atom stereocenters. The molecule has 114 valence electrons. The number of hydrogen-bond acceptors (Lipinski definition) is 5. The van der Waals surface area contributed by atoms with Crippen LogP contribution in [0.25, 0.3) is 45.0 Å². The van der Waals surface area contributed by atoms with E-state index in [2.05, 4.69) is 30.1 Å². The summed E-state index contributed by atoms with van der Waals surface area (Å²) < 4.78 is 0. The van der Waals surface area contributed by atoms with Crippen LogP contribution in [0.1, 0.15) is 0 Å². The van der Waals surface area contributed by atoms with Gasteiger partial charge in [0.1, 0.15) is 11.2 Å². The Balaban J connectivity index is 1.71. The quantitative estimate of drug-likeness (QED) is 0.522. The van der Waals surface area contributed by atoms with E-state index >= 15 is 0 Å². The monoisotopic (exact) mass is 313 g/mol. The van der Waals surface area contributed by atoms with Crippen molar-refractivity contribution in [2.24, 2.45) is 0 Å². The Morgan fingerprint density at radius 2 is 1.79 bits per heavy atom. The van der Waals surface area contributed by atoms with Crippen molar-refractivity contribution in [1.29, 1.82) is 0 Å². The topological polar surface area (TPSA) is 96.0 Å². The third kappa shape index (κ3) is 1.95. The maximum Gasteiger partial charge on any atom is 0.161 e. The number of para-hydroxylation sites is 2. The number of imidazole rings is 1. The summed E-state index contributed by atoms with van der Waals surface area (Å²) in [6, 6.07) is 11.7. The van der Waals surface area contributed by atoms with Gasteiger partial charge in [-0.2, -0.15) is 5.10 Å². The number of H-pyrrole nitrogens is 2. The van der Waals surface area contributed by atoms with Crippen molar-refractivity contribution in [1.82, 2.24) is 35.1 Å². The van der Waals surface area contributed by atoms with Crippen molar-refractivity contribution < 1.29 is 0 Å². The van der Waals surface area contributed by atoms with Crippen molar-refractivity contribution in [3.05, 3.63) is 55.0 Å². The van der Waals surface area contributed by atoms with Gasteiger partial charge < -0.3 is 4.98 Å². The van der Waals surface area contributed by atoms with Crippen molar-refractivity contribution in [2.75, 3.05) is 0 Å². The third-order valence-electron chi connectivity index (χ3n) is 3.85. The second-order valence-corrected chi connectivity index (χ2v) is 5.36. The van der Waals surface area contributed by atoms with Crippen LogP contribution < -0.4 is 0 Å². The van der Waals surface area contributed by atoms with Gasteiger partial charge in [-0.1, -0.05) is 12.1 Å². The van der Waals surface area contributed by atoms with Gasteiger partial charge in [0.25, 0.3) is 0 Å². The maximum atomic E-state index is 4.70. The fourth-order valence-corrected chi connectivity index (χ4v) is 2.70. The van der Waals surface area contributed by atoms with E-state index in [-0.39, 0.29) is 0 Å². The van der Waals surface area contributed by atoms with Crippen LogP contribution in [0.3, 0.4) is 0 Å². The van der Waals surface area contributed by atoms with Gasteiger partial charge in [0.15, 0.2) is 11.5 Å². The number of rotatable bonds is 2. The summed E-state index contributed by atoms with van der Waals surface area (Å²) >= 11 is 0. The molecule has 0 aliphatic carbocycles. The lowest BCUT2D eigenvalue weighted by Gasteiger charge is -1.99. The Morgan fingerprint density at radius 1 is 0.833 bits per heavy atom. The molecule has 0 radical (unpaired) electrons. The molecule has 7 heteroatoms. The molecule has 0 saturated carbocycles. The highest BCUT2D eigenvalue weighted by Crippen LogP contribution is 2.26. The van der Waals surface area contributed by atoms with Crippen molar-refractivity contribution in [3.63, 3.8) is 0 Å². The molecule has 0 saturated heterocycles. The highest BCUT2D eigenvalue weighted by molar-refractivity contribution is 5.91. The minimum absolute atomic E-state index is 0.686. The minimum Gasteiger partial charge on any atom is -0.337 e. The summed E-state index contributed by atoms with van der Waals surface area (Å²) in [5.74, 6) is 0.686. The molecule has 4 heterocycles. The lowest BCUT2D eigenvalue weighted by atomic mass is 10.2. The molecule has 5 rings (SSSR count). The number of aromatic nitrogens is 7. The van der Waals surface area contributed by atoms with E-state index in [1.54, 1.807) is 18.6 Å². The first-order valence-corrected chi connectivity index (χ1v) is 7.45. The lowest BCUT2D eigenvalue weighted by Crippen LogP contribution is -1.89. The van der Waals surface area contributed by atoms with E-state index < -0.39 is 0 Å². The Kier molecular flexibility index (Phi) is 2.66. The molecule has 0 fully saturated rings. The summed E-state index contributed by atoms with van der Waals surface area (Å²) in [6.45, 7) is 0. The average molecular weight is 313 g/mol. The second-order valence-electron chi connectivity index (χ2n) is 5.36. The molecule has 0 unspecified atom stereocenters. The smallest absolute Gasteiger partial charge is 0.161 e. The Morgan fingerprint density at radius 3 is 2.67 bits per heavy atom. The number of fused-ring (bicyclic) bond motifs is 2. The van der Waals surface area contributed by atoms with Gasteiger partial charge in [0.05, 0.1) is 28.4 Å². The number of aromatic amines is 2. The molecule has 4 aromatic heterocycles. The predicted octanol–water partition coefficient (Wildman–Crippen LogP) is 2.96. The summed E-state index contributed by atoms with van der Waals surface area (Å²) in [6.07, 6.45) is 4.98. The molecule has 1 aromatic carbocycles. The molecule has 5 aromatic rings. The number of pyridine rings is 1. The summed E-state index contributed by atoms with van der Waals surface area (Å²) in [7, 11) is 0. The van der Waals surface area contributed by atoms with E-state index in [0.717, 1.165) is 33.5 Å². The maximum absolute atomic E-state index is 4.70. The van der Waals surface area contributed by atoms with Crippen LogP contribution in [0.5, 0.6) is 0 Å².